The Kier molecular flexibility index (Phi) is 6.55. The molecule has 1 amide bonds. The van der Waals surface area contributed by atoms with E-state index in [-0.39, 0.29) is 35.2 Å². The number of halogens is 1. The van der Waals surface area contributed by atoms with Crippen LogP contribution in [-0.2, 0) is 20.2 Å². The molecule has 0 spiro atoms. The maximum absolute atomic E-state index is 13.1. The highest BCUT2D eigenvalue weighted by Gasteiger charge is 2.32. The fraction of sp³-hybridized carbons (Fsp3) is 0.375. The number of sulfonamides is 1. The number of carbonyl (C=O) groups is 1. The summed E-state index contributed by atoms with van der Waals surface area (Å²) in [6.45, 7) is 6.43. The summed E-state index contributed by atoms with van der Waals surface area (Å²) in [6, 6.07) is 11.9. The number of amides is 1. The third-order valence-electron chi connectivity index (χ3n) is 5.75. The summed E-state index contributed by atoms with van der Waals surface area (Å²) >= 11 is 0. The molecule has 1 aliphatic rings. The Balaban J connectivity index is 1.34. The summed E-state index contributed by atoms with van der Waals surface area (Å²) in [7, 11) is -3.71. The molecule has 0 saturated carbocycles. The van der Waals surface area contributed by atoms with Gasteiger partial charge in [0.2, 0.25) is 27.6 Å². The Labute approximate surface area is 198 Å². The number of nitrogens with one attached hydrogen (secondary N) is 1. The average Bonchev–Trinajstić information content (AvgIpc) is 3.31. The monoisotopic (exact) mass is 486 g/mol. The summed E-state index contributed by atoms with van der Waals surface area (Å²) in [5, 5.41) is 6.92. The quantitative estimate of drug-likeness (QED) is 0.579. The number of carbonyl (C=O) groups excluding carboxylic acids is 1. The first-order chi connectivity index (χ1) is 16.0. The van der Waals surface area contributed by atoms with Gasteiger partial charge in [0, 0.05) is 35.7 Å². The molecule has 2 aromatic carbocycles. The average molecular weight is 487 g/mol. The van der Waals surface area contributed by atoms with Gasteiger partial charge in [-0.15, -0.1) is 0 Å². The topological polar surface area (TPSA) is 105 Å². The molecule has 1 N–H and O–H groups in total. The molecule has 0 radical (unpaired) electrons. The molecular formula is C24H27FN4O4S. The molecular weight excluding hydrogens is 459 g/mol. The van der Waals surface area contributed by atoms with Crippen LogP contribution in [0, 0.1) is 11.7 Å². The van der Waals surface area contributed by atoms with E-state index in [2.05, 4.69) is 15.5 Å². The van der Waals surface area contributed by atoms with E-state index in [9.17, 15) is 17.6 Å². The summed E-state index contributed by atoms with van der Waals surface area (Å²) in [4.78, 5) is 17.2. The number of benzene rings is 2. The van der Waals surface area contributed by atoms with Gasteiger partial charge < -0.3 is 9.84 Å². The molecule has 0 atom stereocenters. The zero-order chi connectivity index (χ0) is 24.5. The lowest BCUT2D eigenvalue weighted by atomic mass is 9.97. The van der Waals surface area contributed by atoms with Gasteiger partial charge in [-0.3, -0.25) is 4.79 Å². The van der Waals surface area contributed by atoms with Crippen LogP contribution >= 0.6 is 0 Å². The Bertz CT molecular complexity index is 1260. The van der Waals surface area contributed by atoms with Crippen molar-refractivity contribution in [1.82, 2.24) is 14.4 Å². The largest absolute Gasteiger partial charge is 0.338 e. The van der Waals surface area contributed by atoms with Crippen LogP contribution in [0.3, 0.4) is 0 Å². The van der Waals surface area contributed by atoms with Gasteiger partial charge in [-0.1, -0.05) is 25.9 Å². The number of rotatable bonds is 5. The summed E-state index contributed by atoms with van der Waals surface area (Å²) in [5.41, 5.74) is 1.17. The summed E-state index contributed by atoms with van der Waals surface area (Å²) in [5.74, 6) is 0.0894. The van der Waals surface area contributed by atoms with Crippen molar-refractivity contribution in [2.45, 2.75) is 43.9 Å². The third-order valence-corrected chi connectivity index (χ3v) is 7.67. The molecule has 3 aromatic rings. The standard InChI is InChI=1S/C24H27FN4O4S/c1-24(2,3)23-27-21(28-33-23)16-4-8-19(9-5-16)26-22(30)17-12-14-29(15-13-17)34(31,32)20-10-6-18(25)7-11-20/h4-11,17H,12-15H2,1-3H3,(H,26,30). The van der Waals surface area contributed by atoms with Crippen LogP contribution in [0.2, 0.25) is 0 Å². The summed E-state index contributed by atoms with van der Waals surface area (Å²) in [6.07, 6.45) is 0.811. The van der Waals surface area contributed by atoms with Crippen LogP contribution < -0.4 is 5.32 Å². The van der Waals surface area contributed by atoms with Gasteiger partial charge in [0.1, 0.15) is 5.82 Å². The number of piperidine rings is 1. The fourth-order valence-corrected chi connectivity index (χ4v) is 5.18. The lowest BCUT2D eigenvalue weighted by molar-refractivity contribution is -0.120. The Morgan fingerprint density at radius 1 is 1.06 bits per heavy atom. The van der Waals surface area contributed by atoms with Crippen LogP contribution in [0.15, 0.2) is 57.9 Å². The van der Waals surface area contributed by atoms with Crippen molar-refractivity contribution in [2.75, 3.05) is 18.4 Å². The van der Waals surface area contributed by atoms with Crippen LogP contribution in [0.1, 0.15) is 39.5 Å². The molecule has 4 rings (SSSR count). The minimum atomic E-state index is -3.71. The minimum absolute atomic E-state index is 0.0492. The van der Waals surface area contributed by atoms with Crippen molar-refractivity contribution in [1.29, 1.82) is 0 Å². The van der Waals surface area contributed by atoms with E-state index in [4.69, 9.17) is 4.52 Å². The predicted molar refractivity (Wildman–Crippen MR) is 125 cm³/mol. The van der Waals surface area contributed by atoms with Gasteiger partial charge in [-0.25, -0.2) is 12.8 Å². The van der Waals surface area contributed by atoms with E-state index in [1.165, 1.54) is 16.4 Å². The molecule has 1 fully saturated rings. The SMILES string of the molecule is CC(C)(C)c1nc(-c2ccc(NC(=O)C3CCN(S(=O)(=O)c4ccc(F)cc4)CC3)cc2)no1. The van der Waals surface area contributed by atoms with Crippen molar-refractivity contribution >= 4 is 21.6 Å². The highest BCUT2D eigenvalue weighted by Crippen LogP contribution is 2.27. The first kappa shape index (κ1) is 24.0. The van der Waals surface area contributed by atoms with Crippen molar-refractivity contribution in [2.24, 2.45) is 5.92 Å². The smallest absolute Gasteiger partial charge is 0.243 e. The number of hydrogen-bond donors (Lipinski definition) is 1. The van der Waals surface area contributed by atoms with Gasteiger partial charge in [-0.05, 0) is 61.4 Å². The lowest BCUT2D eigenvalue weighted by Crippen LogP contribution is -2.41. The normalized spacial score (nSPS) is 15.9. The van der Waals surface area contributed by atoms with Crippen molar-refractivity contribution < 1.29 is 22.1 Å². The second-order valence-corrected chi connectivity index (χ2v) is 11.3. The first-order valence-corrected chi connectivity index (χ1v) is 12.5. The molecule has 2 heterocycles. The van der Waals surface area contributed by atoms with Crippen LogP contribution in [0.5, 0.6) is 0 Å². The fourth-order valence-electron chi connectivity index (χ4n) is 3.71. The second-order valence-electron chi connectivity index (χ2n) is 9.37. The predicted octanol–water partition coefficient (Wildman–Crippen LogP) is 4.21. The molecule has 10 heteroatoms. The van der Waals surface area contributed by atoms with E-state index in [1.54, 1.807) is 12.1 Å². The van der Waals surface area contributed by atoms with E-state index < -0.39 is 15.8 Å². The van der Waals surface area contributed by atoms with Crippen LogP contribution in [0.4, 0.5) is 10.1 Å². The van der Waals surface area contributed by atoms with Gasteiger partial charge in [-0.2, -0.15) is 9.29 Å². The van der Waals surface area contributed by atoms with Crippen molar-refractivity contribution in [3.8, 4) is 11.4 Å². The Morgan fingerprint density at radius 3 is 2.24 bits per heavy atom. The minimum Gasteiger partial charge on any atom is -0.338 e. The van der Waals surface area contributed by atoms with Gasteiger partial charge in [0.05, 0.1) is 4.90 Å². The second kappa shape index (κ2) is 9.27. The van der Waals surface area contributed by atoms with E-state index in [1.807, 2.05) is 32.9 Å². The highest BCUT2D eigenvalue weighted by molar-refractivity contribution is 7.89. The van der Waals surface area contributed by atoms with Gasteiger partial charge >= 0.3 is 0 Å². The molecule has 8 nitrogen and oxygen atoms in total. The Hall–Kier alpha value is -3.11. The van der Waals surface area contributed by atoms with Crippen LogP contribution in [-0.4, -0.2) is 41.9 Å². The number of anilines is 1. The van der Waals surface area contributed by atoms with Gasteiger partial charge in [0.25, 0.3) is 0 Å². The lowest BCUT2D eigenvalue weighted by Gasteiger charge is -2.30. The van der Waals surface area contributed by atoms with Gasteiger partial charge in [0.15, 0.2) is 0 Å². The first-order valence-electron chi connectivity index (χ1n) is 11.1. The van der Waals surface area contributed by atoms with E-state index in [0.29, 0.717) is 30.2 Å². The number of aromatic nitrogens is 2. The zero-order valence-electron chi connectivity index (χ0n) is 19.3. The summed E-state index contributed by atoms with van der Waals surface area (Å²) < 4.78 is 45.3. The maximum Gasteiger partial charge on any atom is 0.243 e. The van der Waals surface area contributed by atoms with Crippen molar-refractivity contribution in [3.05, 3.63) is 60.2 Å². The zero-order valence-corrected chi connectivity index (χ0v) is 20.1. The molecule has 1 saturated heterocycles. The van der Waals surface area contributed by atoms with Crippen molar-refractivity contribution in [3.63, 3.8) is 0 Å². The third kappa shape index (κ3) is 5.18. The molecule has 1 aliphatic heterocycles. The molecule has 0 aliphatic carbocycles. The highest BCUT2D eigenvalue weighted by atomic mass is 32.2. The number of nitrogens with zero attached hydrogens (tertiary/aromatic N) is 3. The Morgan fingerprint density at radius 2 is 1.68 bits per heavy atom. The van der Waals surface area contributed by atoms with E-state index in [0.717, 1.165) is 17.7 Å². The number of hydrogen-bond acceptors (Lipinski definition) is 6. The molecule has 0 bridgehead atoms. The van der Waals surface area contributed by atoms with E-state index >= 15 is 0 Å². The molecule has 180 valence electrons. The van der Waals surface area contributed by atoms with Crippen LogP contribution in [0.25, 0.3) is 11.4 Å². The molecule has 34 heavy (non-hydrogen) atoms. The molecule has 0 unspecified atom stereocenters. The molecule has 1 aromatic heterocycles. The maximum atomic E-state index is 13.1.